The Morgan fingerprint density at radius 2 is 1.84 bits per heavy atom. The van der Waals surface area contributed by atoms with Crippen LogP contribution in [-0.4, -0.2) is 23.9 Å². The number of carbonyl (C=O) groups excluding carboxylic acids is 2. The molecule has 32 heavy (non-hydrogen) atoms. The van der Waals surface area contributed by atoms with Crippen LogP contribution in [0.1, 0.15) is 34.1 Å². The van der Waals surface area contributed by atoms with Gasteiger partial charge in [0, 0.05) is 11.3 Å². The molecule has 0 spiro atoms. The number of methoxy groups -OCH3 is 1. The number of amides is 1. The SMILES string of the molecule is COc1cc(C)c(/C(O)=C2/C(=O)C(=O)N(c3ccc(C#N)cc3)C2c2ccco2)cc1C. The van der Waals surface area contributed by atoms with E-state index in [1.807, 2.05) is 13.0 Å². The highest BCUT2D eigenvalue weighted by Gasteiger charge is 2.48. The van der Waals surface area contributed by atoms with Gasteiger partial charge in [0.1, 0.15) is 23.3 Å². The zero-order valence-corrected chi connectivity index (χ0v) is 17.7. The van der Waals surface area contributed by atoms with Gasteiger partial charge in [-0.25, -0.2) is 0 Å². The van der Waals surface area contributed by atoms with Gasteiger partial charge in [0.05, 0.1) is 30.6 Å². The number of furan rings is 1. The first-order chi connectivity index (χ1) is 15.4. The third kappa shape index (κ3) is 3.32. The number of rotatable bonds is 4. The molecule has 1 amide bonds. The largest absolute Gasteiger partial charge is 0.507 e. The van der Waals surface area contributed by atoms with E-state index in [2.05, 4.69) is 0 Å². The van der Waals surface area contributed by atoms with Crippen molar-refractivity contribution < 1.29 is 23.8 Å². The summed E-state index contributed by atoms with van der Waals surface area (Å²) >= 11 is 0. The van der Waals surface area contributed by atoms with E-state index in [9.17, 15) is 14.7 Å². The van der Waals surface area contributed by atoms with Gasteiger partial charge in [-0.3, -0.25) is 14.5 Å². The van der Waals surface area contributed by atoms with Crippen LogP contribution >= 0.6 is 0 Å². The van der Waals surface area contributed by atoms with Crippen molar-refractivity contribution in [3.63, 3.8) is 0 Å². The number of anilines is 1. The lowest BCUT2D eigenvalue weighted by atomic mass is 9.95. The molecule has 1 saturated heterocycles. The van der Waals surface area contributed by atoms with Crippen molar-refractivity contribution in [3.05, 3.63) is 88.4 Å². The zero-order valence-electron chi connectivity index (χ0n) is 17.7. The van der Waals surface area contributed by atoms with Gasteiger partial charge in [0.25, 0.3) is 11.7 Å². The van der Waals surface area contributed by atoms with E-state index in [4.69, 9.17) is 14.4 Å². The van der Waals surface area contributed by atoms with Crippen molar-refractivity contribution in [1.29, 1.82) is 5.26 Å². The third-order valence-corrected chi connectivity index (χ3v) is 5.53. The number of nitrogens with zero attached hydrogens (tertiary/aromatic N) is 2. The highest BCUT2D eigenvalue weighted by atomic mass is 16.5. The van der Waals surface area contributed by atoms with Crippen molar-refractivity contribution in [2.45, 2.75) is 19.9 Å². The summed E-state index contributed by atoms with van der Waals surface area (Å²) in [5.74, 6) is -0.913. The number of nitriles is 1. The fourth-order valence-corrected chi connectivity index (χ4v) is 3.92. The Kier molecular flexibility index (Phi) is 5.29. The number of hydrogen-bond acceptors (Lipinski definition) is 6. The molecule has 2 aromatic carbocycles. The smallest absolute Gasteiger partial charge is 0.300 e. The lowest BCUT2D eigenvalue weighted by Gasteiger charge is -2.23. The fourth-order valence-electron chi connectivity index (χ4n) is 3.92. The summed E-state index contributed by atoms with van der Waals surface area (Å²) in [4.78, 5) is 27.5. The molecule has 1 aromatic heterocycles. The summed E-state index contributed by atoms with van der Waals surface area (Å²) in [5.41, 5.74) is 2.65. The van der Waals surface area contributed by atoms with E-state index in [0.29, 0.717) is 33.9 Å². The number of aliphatic hydroxyl groups excluding tert-OH is 1. The minimum atomic E-state index is -0.959. The van der Waals surface area contributed by atoms with Crippen LogP contribution in [0.3, 0.4) is 0 Å². The van der Waals surface area contributed by atoms with Gasteiger partial charge in [0.2, 0.25) is 0 Å². The first-order valence-corrected chi connectivity index (χ1v) is 9.87. The molecule has 0 saturated carbocycles. The van der Waals surface area contributed by atoms with Gasteiger partial charge in [-0.2, -0.15) is 5.26 Å². The normalized spacial score (nSPS) is 17.4. The summed E-state index contributed by atoms with van der Waals surface area (Å²) in [6.45, 7) is 3.62. The first-order valence-electron chi connectivity index (χ1n) is 9.87. The molecule has 160 valence electrons. The highest BCUT2D eigenvalue weighted by Crippen LogP contribution is 2.43. The fraction of sp³-hybridized carbons (Fsp3) is 0.160. The van der Waals surface area contributed by atoms with Crippen molar-refractivity contribution in [2.24, 2.45) is 0 Å². The number of hydrogen-bond donors (Lipinski definition) is 1. The van der Waals surface area contributed by atoms with Crippen LogP contribution in [0.5, 0.6) is 5.75 Å². The average Bonchev–Trinajstić information content (AvgIpc) is 3.41. The second-order valence-electron chi connectivity index (χ2n) is 7.48. The maximum atomic E-state index is 13.1. The molecule has 1 unspecified atom stereocenters. The molecule has 0 aliphatic carbocycles. The Hall–Kier alpha value is -4.31. The molecule has 7 nitrogen and oxygen atoms in total. The van der Waals surface area contributed by atoms with Gasteiger partial charge in [-0.1, -0.05) is 0 Å². The van der Waals surface area contributed by atoms with E-state index in [0.717, 1.165) is 5.56 Å². The topological polar surface area (TPSA) is 104 Å². The van der Waals surface area contributed by atoms with Crippen LogP contribution in [-0.2, 0) is 9.59 Å². The van der Waals surface area contributed by atoms with Crippen molar-refractivity contribution in [2.75, 3.05) is 12.0 Å². The Labute approximate surface area is 184 Å². The Morgan fingerprint density at radius 3 is 2.44 bits per heavy atom. The summed E-state index contributed by atoms with van der Waals surface area (Å²) in [6, 6.07) is 14.1. The van der Waals surface area contributed by atoms with Crippen molar-refractivity contribution in [1.82, 2.24) is 0 Å². The predicted octanol–water partition coefficient (Wildman–Crippen LogP) is 4.40. The second kappa shape index (κ2) is 8.08. The quantitative estimate of drug-likeness (QED) is 0.375. The molecule has 1 atom stereocenters. The van der Waals surface area contributed by atoms with E-state index in [1.54, 1.807) is 62.6 Å². The van der Waals surface area contributed by atoms with Crippen molar-refractivity contribution in [3.8, 4) is 11.8 Å². The average molecular weight is 428 g/mol. The zero-order chi connectivity index (χ0) is 23.0. The summed E-state index contributed by atoms with van der Waals surface area (Å²) < 4.78 is 10.9. The molecule has 4 rings (SSSR count). The number of carbonyl (C=O) groups is 2. The van der Waals surface area contributed by atoms with Gasteiger partial charge in [-0.05, 0) is 73.5 Å². The lowest BCUT2D eigenvalue weighted by molar-refractivity contribution is -0.132. The predicted molar refractivity (Wildman–Crippen MR) is 117 cm³/mol. The molecule has 1 fully saturated rings. The second-order valence-corrected chi connectivity index (χ2v) is 7.48. The lowest BCUT2D eigenvalue weighted by Crippen LogP contribution is -2.29. The number of ether oxygens (including phenoxy) is 1. The molecular formula is C25H20N2O5. The van der Waals surface area contributed by atoms with E-state index in [-0.39, 0.29) is 11.3 Å². The number of benzene rings is 2. The van der Waals surface area contributed by atoms with E-state index in [1.165, 1.54) is 11.2 Å². The highest BCUT2D eigenvalue weighted by molar-refractivity contribution is 6.51. The van der Waals surface area contributed by atoms with Crippen LogP contribution in [0.2, 0.25) is 0 Å². The number of aryl methyl sites for hydroxylation is 2. The summed E-state index contributed by atoms with van der Waals surface area (Å²) in [5, 5.41) is 20.3. The summed E-state index contributed by atoms with van der Waals surface area (Å²) in [7, 11) is 1.56. The Balaban J connectivity index is 1.93. The molecule has 1 aliphatic heterocycles. The Bertz CT molecular complexity index is 1280. The number of ketones is 1. The standard InChI is InChI=1S/C25H20N2O5/c1-14-12-20(31-3)15(2)11-18(14)23(28)21-22(19-5-4-10-32-19)27(25(30)24(21)29)17-8-6-16(13-26)7-9-17/h4-12,22,28H,1-3H3/b23-21-. The maximum absolute atomic E-state index is 13.1. The van der Waals surface area contributed by atoms with E-state index >= 15 is 0 Å². The molecule has 0 bridgehead atoms. The van der Waals surface area contributed by atoms with Crippen LogP contribution in [0.25, 0.3) is 5.76 Å². The summed E-state index contributed by atoms with van der Waals surface area (Å²) in [6.07, 6.45) is 1.44. The third-order valence-electron chi connectivity index (χ3n) is 5.53. The van der Waals surface area contributed by atoms with Crippen LogP contribution in [0, 0.1) is 25.2 Å². The van der Waals surface area contributed by atoms with Crippen LogP contribution < -0.4 is 9.64 Å². The maximum Gasteiger partial charge on any atom is 0.300 e. The minimum Gasteiger partial charge on any atom is -0.507 e. The van der Waals surface area contributed by atoms with E-state index < -0.39 is 17.7 Å². The molecule has 1 aliphatic rings. The number of Topliss-reactive ketones (excluding diaryl/α,β-unsaturated/α-hetero) is 1. The van der Waals surface area contributed by atoms with Gasteiger partial charge >= 0.3 is 0 Å². The molecule has 3 aromatic rings. The molecule has 0 radical (unpaired) electrons. The van der Waals surface area contributed by atoms with Gasteiger partial charge in [0.15, 0.2) is 0 Å². The first kappa shape index (κ1) is 20.9. The van der Waals surface area contributed by atoms with Gasteiger partial charge in [-0.15, -0.1) is 0 Å². The molecule has 1 N–H and O–H groups in total. The monoisotopic (exact) mass is 428 g/mol. The molecule has 7 heteroatoms. The van der Waals surface area contributed by atoms with Crippen LogP contribution in [0.4, 0.5) is 5.69 Å². The molecular weight excluding hydrogens is 408 g/mol. The molecule has 2 heterocycles. The van der Waals surface area contributed by atoms with Crippen LogP contribution in [0.15, 0.2) is 64.8 Å². The van der Waals surface area contributed by atoms with Crippen molar-refractivity contribution >= 4 is 23.1 Å². The number of aliphatic hydroxyl groups is 1. The minimum absolute atomic E-state index is 0.0676. The van der Waals surface area contributed by atoms with Gasteiger partial charge < -0.3 is 14.3 Å². The Morgan fingerprint density at radius 1 is 1.12 bits per heavy atom.